The standard InChI is InChI=1S/C13H22N4O/c1-4-11-8-17(6-7-18-11)13-10(3)12(14-5-2)15-9-16-13/h9,11H,4-8H2,1-3H3,(H,14,15,16). The van der Waals surface area contributed by atoms with Crippen molar-refractivity contribution in [3.05, 3.63) is 11.9 Å². The molecule has 0 spiro atoms. The third-order valence-electron chi connectivity index (χ3n) is 3.30. The van der Waals surface area contributed by atoms with E-state index in [1.165, 1.54) is 0 Å². The van der Waals surface area contributed by atoms with Crippen LogP contribution >= 0.6 is 0 Å². The minimum absolute atomic E-state index is 0.315. The maximum absolute atomic E-state index is 5.70. The third-order valence-corrected chi connectivity index (χ3v) is 3.30. The van der Waals surface area contributed by atoms with Gasteiger partial charge in [-0.1, -0.05) is 6.92 Å². The van der Waals surface area contributed by atoms with Crippen LogP contribution in [0.4, 0.5) is 11.6 Å². The van der Waals surface area contributed by atoms with Gasteiger partial charge < -0.3 is 15.0 Å². The van der Waals surface area contributed by atoms with Gasteiger partial charge in [0.15, 0.2) is 0 Å². The highest BCUT2D eigenvalue weighted by molar-refractivity contribution is 5.58. The van der Waals surface area contributed by atoms with Crippen LogP contribution in [0, 0.1) is 6.92 Å². The predicted molar refractivity (Wildman–Crippen MR) is 73.2 cm³/mol. The first-order valence-corrected chi connectivity index (χ1v) is 6.68. The maximum atomic E-state index is 5.70. The van der Waals surface area contributed by atoms with Crippen molar-refractivity contribution in [3.8, 4) is 0 Å². The Hall–Kier alpha value is -1.36. The molecule has 100 valence electrons. The van der Waals surface area contributed by atoms with Crippen molar-refractivity contribution in [2.45, 2.75) is 33.3 Å². The fourth-order valence-corrected chi connectivity index (χ4v) is 2.26. The molecule has 1 saturated heterocycles. The van der Waals surface area contributed by atoms with Crippen LogP contribution in [-0.4, -0.2) is 42.3 Å². The number of hydrogen-bond acceptors (Lipinski definition) is 5. The summed E-state index contributed by atoms with van der Waals surface area (Å²) >= 11 is 0. The van der Waals surface area contributed by atoms with Gasteiger partial charge in [0.2, 0.25) is 0 Å². The molecule has 1 N–H and O–H groups in total. The molecule has 1 fully saturated rings. The van der Waals surface area contributed by atoms with Gasteiger partial charge >= 0.3 is 0 Å². The van der Waals surface area contributed by atoms with Crippen LogP contribution in [0.15, 0.2) is 6.33 Å². The lowest BCUT2D eigenvalue weighted by atomic mass is 10.2. The normalized spacial score (nSPS) is 19.9. The zero-order valence-electron chi connectivity index (χ0n) is 11.4. The van der Waals surface area contributed by atoms with E-state index in [4.69, 9.17) is 4.74 Å². The Balaban J connectivity index is 2.19. The first kappa shape index (κ1) is 13.1. The predicted octanol–water partition coefficient (Wildman–Crippen LogP) is 1.83. The Morgan fingerprint density at radius 3 is 3.00 bits per heavy atom. The minimum Gasteiger partial charge on any atom is -0.375 e. The molecule has 0 aromatic carbocycles. The van der Waals surface area contributed by atoms with E-state index in [0.29, 0.717) is 6.10 Å². The largest absolute Gasteiger partial charge is 0.375 e. The summed E-state index contributed by atoms with van der Waals surface area (Å²) in [5.74, 6) is 1.96. The Morgan fingerprint density at radius 1 is 1.44 bits per heavy atom. The van der Waals surface area contributed by atoms with Crippen LogP contribution in [0.5, 0.6) is 0 Å². The molecule has 1 aromatic rings. The second-order valence-corrected chi connectivity index (χ2v) is 4.55. The lowest BCUT2D eigenvalue weighted by molar-refractivity contribution is 0.0381. The molecule has 18 heavy (non-hydrogen) atoms. The van der Waals surface area contributed by atoms with Crippen molar-refractivity contribution in [1.82, 2.24) is 9.97 Å². The number of anilines is 2. The van der Waals surface area contributed by atoms with E-state index in [1.54, 1.807) is 6.33 Å². The summed E-state index contributed by atoms with van der Waals surface area (Å²) in [5, 5.41) is 3.27. The average Bonchev–Trinajstić information content (AvgIpc) is 2.41. The summed E-state index contributed by atoms with van der Waals surface area (Å²) < 4.78 is 5.70. The molecule has 2 rings (SSSR count). The second-order valence-electron chi connectivity index (χ2n) is 4.55. The fraction of sp³-hybridized carbons (Fsp3) is 0.692. The van der Waals surface area contributed by atoms with Gasteiger partial charge in [-0.3, -0.25) is 0 Å². The van der Waals surface area contributed by atoms with E-state index < -0.39 is 0 Å². The number of morpholine rings is 1. The molecule has 0 aliphatic carbocycles. The van der Waals surface area contributed by atoms with E-state index in [9.17, 15) is 0 Å². The van der Waals surface area contributed by atoms with Crippen LogP contribution in [-0.2, 0) is 4.74 Å². The van der Waals surface area contributed by atoms with Gasteiger partial charge in [-0.25, -0.2) is 9.97 Å². The van der Waals surface area contributed by atoms with Gasteiger partial charge in [0.05, 0.1) is 12.7 Å². The topological polar surface area (TPSA) is 50.3 Å². The average molecular weight is 250 g/mol. The number of hydrogen-bond donors (Lipinski definition) is 1. The van der Waals surface area contributed by atoms with Gasteiger partial charge in [-0.15, -0.1) is 0 Å². The summed E-state index contributed by atoms with van der Waals surface area (Å²) in [7, 11) is 0. The zero-order valence-corrected chi connectivity index (χ0v) is 11.4. The molecule has 1 aliphatic heterocycles. The maximum Gasteiger partial charge on any atom is 0.137 e. The van der Waals surface area contributed by atoms with E-state index in [1.807, 2.05) is 0 Å². The Morgan fingerprint density at radius 2 is 2.28 bits per heavy atom. The van der Waals surface area contributed by atoms with Gasteiger partial charge in [-0.2, -0.15) is 0 Å². The Labute approximate surface area is 109 Å². The highest BCUT2D eigenvalue weighted by atomic mass is 16.5. The number of aromatic nitrogens is 2. The highest BCUT2D eigenvalue weighted by Crippen LogP contribution is 2.24. The molecule has 0 radical (unpaired) electrons. The number of nitrogens with zero attached hydrogens (tertiary/aromatic N) is 3. The number of ether oxygens (including phenoxy) is 1. The molecular weight excluding hydrogens is 228 g/mol. The van der Waals surface area contributed by atoms with Crippen LogP contribution in [0.1, 0.15) is 25.8 Å². The lowest BCUT2D eigenvalue weighted by Gasteiger charge is -2.34. The van der Waals surface area contributed by atoms with Crippen molar-refractivity contribution in [2.75, 3.05) is 36.5 Å². The van der Waals surface area contributed by atoms with Gasteiger partial charge in [-0.05, 0) is 20.3 Å². The zero-order chi connectivity index (χ0) is 13.0. The molecule has 0 amide bonds. The molecule has 0 bridgehead atoms. The first-order chi connectivity index (χ1) is 8.76. The van der Waals surface area contributed by atoms with Crippen molar-refractivity contribution in [1.29, 1.82) is 0 Å². The van der Waals surface area contributed by atoms with Crippen LogP contribution in [0.2, 0.25) is 0 Å². The van der Waals surface area contributed by atoms with E-state index in [0.717, 1.165) is 49.9 Å². The van der Waals surface area contributed by atoms with E-state index >= 15 is 0 Å². The quantitative estimate of drug-likeness (QED) is 0.883. The van der Waals surface area contributed by atoms with Crippen LogP contribution in [0.3, 0.4) is 0 Å². The van der Waals surface area contributed by atoms with Gasteiger partial charge in [0, 0.05) is 25.2 Å². The minimum atomic E-state index is 0.315. The molecule has 1 aromatic heterocycles. The summed E-state index contributed by atoms with van der Waals surface area (Å²) in [6, 6.07) is 0. The Bertz CT molecular complexity index is 397. The number of nitrogens with one attached hydrogen (secondary N) is 1. The van der Waals surface area contributed by atoms with Crippen LogP contribution in [0.25, 0.3) is 0 Å². The monoisotopic (exact) mass is 250 g/mol. The van der Waals surface area contributed by atoms with E-state index in [-0.39, 0.29) is 0 Å². The molecular formula is C13H22N4O. The summed E-state index contributed by atoms with van der Waals surface area (Å²) in [5.41, 5.74) is 1.12. The summed E-state index contributed by atoms with van der Waals surface area (Å²) in [6.45, 7) is 9.77. The van der Waals surface area contributed by atoms with Gasteiger partial charge in [0.1, 0.15) is 18.0 Å². The third kappa shape index (κ3) is 2.72. The van der Waals surface area contributed by atoms with E-state index in [2.05, 4.69) is 41.0 Å². The van der Waals surface area contributed by atoms with Crippen molar-refractivity contribution >= 4 is 11.6 Å². The SMILES string of the molecule is CCNc1ncnc(N2CCOC(CC)C2)c1C. The molecule has 1 atom stereocenters. The molecule has 0 saturated carbocycles. The summed E-state index contributed by atoms with van der Waals surface area (Å²) in [6.07, 6.45) is 2.99. The molecule has 5 heteroatoms. The lowest BCUT2D eigenvalue weighted by Crippen LogP contribution is -2.43. The number of rotatable bonds is 4. The second kappa shape index (κ2) is 6.00. The van der Waals surface area contributed by atoms with Crippen molar-refractivity contribution in [2.24, 2.45) is 0 Å². The van der Waals surface area contributed by atoms with Gasteiger partial charge in [0.25, 0.3) is 0 Å². The summed E-state index contributed by atoms with van der Waals surface area (Å²) in [4.78, 5) is 11.0. The Kier molecular flexibility index (Phi) is 4.36. The first-order valence-electron chi connectivity index (χ1n) is 6.68. The molecule has 1 aliphatic rings. The van der Waals surface area contributed by atoms with Crippen molar-refractivity contribution in [3.63, 3.8) is 0 Å². The fourth-order valence-electron chi connectivity index (χ4n) is 2.26. The molecule has 2 heterocycles. The smallest absolute Gasteiger partial charge is 0.137 e. The highest BCUT2D eigenvalue weighted by Gasteiger charge is 2.22. The molecule has 5 nitrogen and oxygen atoms in total. The van der Waals surface area contributed by atoms with Crippen LogP contribution < -0.4 is 10.2 Å². The molecule has 1 unspecified atom stereocenters. The van der Waals surface area contributed by atoms with Crippen molar-refractivity contribution < 1.29 is 4.74 Å².